The number of aromatic nitrogens is 1. The van der Waals surface area contributed by atoms with Crippen molar-refractivity contribution in [3.05, 3.63) is 6.20 Å². The van der Waals surface area contributed by atoms with E-state index in [0.29, 0.717) is 6.04 Å². The minimum absolute atomic E-state index is 0.145. The summed E-state index contributed by atoms with van der Waals surface area (Å²) in [5, 5.41) is 5.88. The molecule has 0 saturated carbocycles. The molecular formula is C11H18N4O2S2. The van der Waals surface area contributed by atoms with Gasteiger partial charge in [-0.1, -0.05) is 11.3 Å². The molecule has 0 radical (unpaired) electrons. The molecule has 3 rings (SSSR count). The van der Waals surface area contributed by atoms with Gasteiger partial charge < -0.3 is 4.90 Å². The van der Waals surface area contributed by atoms with E-state index in [4.69, 9.17) is 5.14 Å². The molecule has 0 bridgehead atoms. The Bertz CT molecular complexity index is 551. The average Bonchev–Trinajstić information content (AvgIpc) is 3.10. The summed E-state index contributed by atoms with van der Waals surface area (Å²) in [6, 6.07) is 0.587. The van der Waals surface area contributed by atoms with Gasteiger partial charge in [-0.2, -0.15) is 0 Å². The number of rotatable bonds is 3. The Morgan fingerprint density at radius 3 is 2.68 bits per heavy atom. The fraction of sp³-hybridized carbons (Fsp3) is 0.727. The van der Waals surface area contributed by atoms with Crippen molar-refractivity contribution in [2.75, 3.05) is 31.1 Å². The largest absolute Gasteiger partial charge is 0.346 e. The number of hydrogen-bond donors (Lipinski definition) is 1. The first-order chi connectivity index (χ1) is 9.04. The molecule has 1 aromatic heterocycles. The van der Waals surface area contributed by atoms with Crippen LogP contribution in [0.15, 0.2) is 10.4 Å². The van der Waals surface area contributed by atoms with Gasteiger partial charge in [-0.25, -0.2) is 18.5 Å². The highest BCUT2D eigenvalue weighted by molar-refractivity contribution is 7.91. The second-order valence-corrected chi connectivity index (χ2v) is 7.94. The van der Waals surface area contributed by atoms with Crippen molar-refractivity contribution in [3.8, 4) is 0 Å². The van der Waals surface area contributed by atoms with E-state index in [0.717, 1.165) is 36.0 Å². The van der Waals surface area contributed by atoms with Gasteiger partial charge >= 0.3 is 0 Å². The number of thiazole rings is 1. The first kappa shape index (κ1) is 13.3. The fourth-order valence-electron chi connectivity index (χ4n) is 2.85. The fourth-order valence-corrected chi connectivity index (χ4v) is 4.42. The van der Waals surface area contributed by atoms with Crippen molar-refractivity contribution in [1.29, 1.82) is 0 Å². The maximum Gasteiger partial charge on any atom is 0.249 e. The molecule has 0 aliphatic carbocycles. The van der Waals surface area contributed by atoms with Gasteiger partial charge in [-0.15, -0.1) is 0 Å². The normalized spacial score (nSPS) is 25.3. The van der Waals surface area contributed by atoms with E-state index < -0.39 is 10.0 Å². The minimum Gasteiger partial charge on any atom is -0.346 e. The van der Waals surface area contributed by atoms with Crippen molar-refractivity contribution in [1.82, 2.24) is 9.88 Å². The maximum atomic E-state index is 11.3. The summed E-state index contributed by atoms with van der Waals surface area (Å²) in [5.74, 6) is 0. The van der Waals surface area contributed by atoms with Gasteiger partial charge in [-0.3, -0.25) is 4.90 Å². The number of anilines is 1. The second-order valence-electron chi connectivity index (χ2n) is 5.14. The average molecular weight is 302 g/mol. The van der Waals surface area contributed by atoms with Crippen molar-refractivity contribution in [2.24, 2.45) is 5.14 Å². The molecule has 2 fully saturated rings. The Kier molecular flexibility index (Phi) is 3.50. The zero-order valence-corrected chi connectivity index (χ0v) is 12.3. The number of sulfonamides is 1. The molecule has 3 heterocycles. The van der Waals surface area contributed by atoms with Crippen LogP contribution in [0.25, 0.3) is 0 Å². The summed E-state index contributed by atoms with van der Waals surface area (Å²) in [4.78, 5) is 8.90. The van der Waals surface area contributed by atoms with Gasteiger partial charge in [0, 0.05) is 19.1 Å². The SMILES string of the molecule is NS(=O)(=O)c1cnc(N2CC[C@H](N3CCCC3)C2)s1. The topological polar surface area (TPSA) is 79.5 Å². The predicted molar refractivity (Wildman–Crippen MR) is 74.9 cm³/mol. The van der Waals surface area contributed by atoms with Gasteiger partial charge in [-0.05, 0) is 32.4 Å². The number of hydrogen-bond acceptors (Lipinski definition) is 6. The molecule has 2 aliphatic rings. The Hall–Kier alpha value is -0.700. The quantitative estimate of drug-likeness (QED) is 0.878. The lowest BCUT2D eigenvalue weighted by Crippen LogP contribution is -2.35. The smallest absolute Gasteiger partial charge is 0.249 e. The summed E-state index contributed by atoms with van der Waals surface area (Å²) in [5.41, 5.74) is 0. The molecule has 0 aromatic carbocycles. The molecule has 106 valence electrons. The molecule has 1 atom stereocenters. The summed E-state index contributed by atoms with van der Waals surface area (Å²) in [6.45, 7) is 4.27. The van der Waals surface area contributed by atoms with Crippen LogP contribution in [0.4, 0.5) is 5.13 Å². The molecule has 0 amide bonds. The predicted octanol–water partition coefficient (Wildman–Crippen LogP) is 0.465. The van der Waals surface area contributed by atoms with Crippen LogP contribution in [0.5, 0.6) is 0 Å². The summed E-state index contributed by atoms with van der Waals surface area (Å²) in [7, 11) is -3.62. The maximum absolute atomic E-state index is 11.3. The molecule has 2 aliphatic heterocycles. The van der Waals surface area contributed by atoms with Crippen molar-refractivity contribution < 1.29 is 8.42 Å². The third-order valence-corrected chi connectivity index (χ3v) is 6.31. The van der Waals surface area contributed by atoms with Crippen LogP contribution in [0.2, 0.25) is 0 Å². The van der Waals surface area contributed by atoms with Crippen LogP contribution in [0, 0.1) is 0 Å². The molecular weight excluding hydrogens is 284 g/mol. The first-order valence-electron chi connectivity index (χ1n) is 6.52. The number of nitrogens with zero attached hydrogens (tertiary/aromatic N) is 3. The van der Waals surface area contributed by atoms with Gasteiger partial charge in [0.05, 0.1) is 6.20 Å². The van der Waals surface area contributed by atoms with E-state index in [-0.39, 0.29) is 4.21 Å². The molecule has 19 heavy (non-hydrogen) atoms. The lowest BCUT2D eigenvalue weighted by atomic mass is 10.2. The molecule has 2 N–H and O–H groups in total. The number of nitrogens with two attached hydrogens (primary N) is 1. The van der Waals surface area contributed by atoms with Crippen molar-refractivity contribution in [2.45, 2.75) is 29.5 Å². The van der Waals surface area contributed by atoms with Crippen LogP contribution >= 0.6 is 11.3 Å². The first-order valence-corrected chi connectivity index (χ1v) is 8.88. The van der Waals surface area contributed by atoms with Crippen LogP contribution < -0.4 is 10.0 Å². The zero-order valence-electron chi connectivity index (χ0n) is 10.7. The number of primary sulfonamides is 1. The highest BCUT2D eigenvalue weighted by atomic mass is 32.2. The summed E-state index contributed by atoms with van der Waals surface area (Å²) in [6.07, 6.45) is 5.08. The zero-order chi connectivity index (χ0) is 13.5. The molecule has 2 saturated heterocycles. The molecule has 8 heteroatoms. The Morgan fingerprint density at radius 1 is 1.32 bits per heavy atom. The minimum atomic E-state index is -3.62. The second kappa shape index (κ2) is 5.01. The summed E-state index contributed by atoms with van der Waals surface area (Å²) >= 11 is 1.16. The Labute approximate surface area is 117 Å². The van der Waals surface area contributed by atoms with E-state index in [2.05, 4.69) is 14.8 Å². The molecule has 6 nitrogen and oxygen atoms in total. The van der Waals surface area contributed by atoms with Gasteiger partial charge in [0.25, 0.3) is 0 Å². The lowest BCUT2D eigenvalue weighted by Gasteiger charge is -2.23. The molecule has 1 aromatic rings. The van der Waals surface area contributed by atoms with Gasteiger partial charge in [0.15, 0.2) is 9.34 Å². The monoisotopic (exact) mass is 302 g/mol. The van der Waals surface area contributed by atoms with Crippen molar-refractivity contribution in [3.63, 3.8) is 0 Å². The van der Waals surface area contributed by atoms with Crippen LogP contribution in [-0.2, 0) is 10.0 Å². The van der Waals surface area contributed by atoms with Gasteiger partial charge in [0.2, 0.25) is 10.0 Å². The highest BCUT2D eigenvalue weighted by Crippen LogP contribution is 2.30. The van der Waals surface area contributed by atoms with Gasteiger partial charge in [0.1, 0.15) is 0 Å². The van der Waals surface area contributed by atoms with Crippen molar-refractivity contribution >= 4 is 26.5 Å². The van der Waals surface area contributed by atoms with Crippen LogP contribution in [-0.4, -0.2) is 50.5 Å². The lowest BCUT2D eigenvalue weighted by molar-refractivity contribution is 0.260. The summed E-state index contributed by atoms with van der Waals surface area (Å²) < 4.78 is 22.7. The van der Waals surface area contributed by atoms with E-state index >= 15 is 0 Å². The van der Waals surface area contributed by atoms with Crippen LogP contribution in [0.1, 0.15) is 19.3 Å². The van der Waals surface area contributed by atoms with E-state index in [1.165, 1.54) is 32.1 Å². The van der Waals surface area contributed by atoms with E-state index in [9.17, 15) is 8.42 Å². The van der Waals surface area contributed by atoms with E-state index in [1.54, 1.807) is 0 Å². The third-order valence-electron chi connectivity index (χ3n) is 3.84. The highest BCUT2D eigenvalue weighted by Gasteiger charge is 2.30. The molecule has 0 unspecified atom stereocenters. The Balaban J connectivity index is 1.69. The Morgan fingerprint density at radius 2 is 2.05 bits per heavy atom. The standard InChI is InChI=1S/C11H18N4O2S2/c12-19(16,17)10-7-13-11(18-10)15-6-3-9(8-15)14-4-1-2-5-14/h7,9H,1-6,8H2,(H2,12,16,17)/t9-/m0/s1. The van der Waals surface area contributed by atoms with Crippen LogP contribution in [0.3, 0.4) is 0 Å². The van der Waals surface area contributed by atoms with E-state index in [1.807, 2.05) is 0 Å². The third kappa shape index (κ3) is 2.76. The molecule has 0 spiro atoms. The number of likely N-dealkylation sites (tertiary alicyclic amines) is 1.